The fraction of sp³-hybridized carbons (Fsp3) is 0.400. The molecule has 1 aromatic carbocycles. The van der Waals surface area contributed by atoms with Gasteiger partial charge in [-0.15, -0.1) is 11.8 Å². The molecule has 3 rings (SSSR count). The van der Waals surface area contributed by atoms with Crippen molar-refractivity contribution in [3.63, 3.8) is 0 Å². The minimum atomic E-state index is -0.484. The highest BCUT2D eigenvalue weighted by Crippen LogP contribution is 2.34. The van der Waals surface area contributed by atoms with E-state index in [0.29, 0.717) is 28.2 Å². The monoisotopic (exact) mass is 433 g/mol. The molecular weight excluding hydrogens is 410 g/mol. The van der Waals surface area contributed by atoms with E-state index in [4.69, 9.17) is 4.74 Å². The number of thioether (sulfide) groups is 2. The Balaban J connectivity index is 1.73. The molecule has 1 aliphatic rings. The Morgan fingerprint density at radius 2 is 2.10 bits per heavy atom. The minimum absolute atomic E-state index is 0.0394. The molecule has 1 unspecified atom stereocenters. The first-order valence-electron chi connectivity index (χ1n) is 9.43. The van der Waals surface area contributed by atoms with Crippen LogP contribution in [0, 0.1) is 0 Å². The maximum Gasteiger partial charge on any atom is 0.340 e. The lowest BCUT2D eigenvalue weighted by atomic mass is 10.2. The lowest BCUT2D eigenvalue weighted by Crippen LogP contribution is -2.25. The summed E-state index contributed by atoms with van der Waals surface area (Å²) in [6.07, 6.45) is 0.756. The summed E-state index contributed by atoms with van der Waals surface area (Å²) >= 11 is 2.78. The van der Waals surface area contributed by atoms with E-state index in [1.807, 2.05) is 6.92 Å². The van der Waals surface area contributed by atoms with Gasteiger partial charge in [0.2, 0.25) is 5.91 Å². The van der Waals surface area contributed by atoms with Crippen LogP contribution < -0.4 is 10.9 Å². The highest BCUT2D eigenvalue weighted by atomic mass is 32.2. The Morgan fingerprint density at radius 3 is 2.83 bits per heavy atom. The number of hydrogen-bond donors (Lipinski definition) is 1. The van der Waals surface area contributed by atoms with Gasteiger partial charge in [0.25, 0.3) is 5.56 Å². The summed E-state index contributed by atoms with van der Waals surface area (Å²) in [5.74, 6) is -0.694. The van der Waals surface area contributed by atoms with Crippen LogP contribution in [0.1, 0.15) is 36.8 Å². The number of fused-ring (bicyclic) bond motifs is 1. The fourth-order valence-corrected chi connectivity index (χ4v) is 5.01. The van der Waals surface area contributed by atoms with Crippen molar-refractivity contribution in [2.45, 2.75) is 49.0 Å². The predicted molar refractivity (Wildman–Crippen MR) is 115 cm³/mol. The van der Waals surface area contributed by atoms with Gasteiger partial charge in [-0.25, -0.2) is 9.78 Å². The molecule has 1 amide bonds. The van der Waals surface area contributed by atoms with Crippen molar-refractivity contribution in [1.82, 2.24) is 9.55 Å². The molecule has 0 spiro atoms. The summed E-state index contributed by atoms with van der Waals surface area (Å²) in [7, 11) is 0. The third-order valence-electron chi connectivity index (χ3n) is 4.31. The van der Waals surface area contributed by atoms with Crippen molar-refractivity contribution in [1.29, 1.82) is 0 Å². The highest BCUT2D eigenvalue weighted by Gasteiger charge is 2.26. The first-order chi connectivity index (χ1) is 13.9. The summed E-state index contributed by atoms with van der Waals surface area (Å²) in [6.45, 7) is 6.43. The molecule has 1 atom stereocenters. The number of amides is 1. The van der Waals surface area contributed by atoms with Gasteiger partial charge in [0.15, 0.2) is 5.16 Å². The van der Waals surface area contributed by atoms with Gasteiger partial charge in [0.1, 0.15) is 0 Å². The van der Waals surface area contributed by atoms with Crippen LogP contribution in [0.25, 0.3) is 0 Å². The third-order valence-corrected chi connectivity index (χ3v) is 6.50. The zero-order valence-electron chi connectivity index (χ0n) is 16.6. The number of anilines is 1. The molecule has 29 heavy (non-hydrogen) atoms. The number of carbonyl (C=O) groups excluding carboxylic acids is 2. The number of ether oxygens (including phenoxy) is 1. The lowest BCUT2D eigenvalue weighted by molar-refractivity contribution is -0.113. The lowest BCUT2D eigenvalue weighted by Gasteiger charge is -2.12. The number of nitrogens with zero attached hydrogens (tertiary/aromatic N) is 2. The summed E-state index contributed by atoms with van der Waals surface area (Å²) in [5, 5.41) is 3.63. The molecule has 0 bridgehead atoms. The number of benzene rings is 1. The normalized spacial score (nSPS) is 15.1. The van der Waals surface area contributed by atoms with Gasteiger partial charge < -0.3 is 10.1 Å². The van der Waals surface area contributed by atoms with Crippen molar-refractivity contribution in [3.8, 4) is 0 Å². The van der Waals surface area contributed by atoms with Gasteiger partial charge in [-0.05, 0) is 26.0 Å². The number of rotatable bonds is 7. The maximum absolute atomic E-state index is 12.7. The zero-order valence-corrected chi connectivity index (χ0v) is 18.2. The smallest absolute Gasteiger partial charge is 0.340 e. The highest BCUT2D eigenvalue weighted by molar-refractivity contribution is 8.00. The van der Waals surface area contributed by atoms with Gasteiger partial charge in [-0.2, -0.15) is 0 Å². The minimum Gasteiger partial charge on any atom is -0.462 e. The van der Waals surface area contributed by atoms with Crippen LogP contribution in [0.3, 0.4) is 0 Å². The van der Waals surface area contributed by atoms with Crippen molar-refractivity contribution in [2.75, 3.05) is 17.7 Å². The Labute approximate surface area is 177 Å². The second kappa shape index (κ2) is 9.49. The Bertz CT molecular complexity index is 990. The van der Waals surface area contributed by atoms with Crippen LogP contribution in [0.15, 0.2) is 39.1 Å². The number of para-hydroxylation sites is 1. The summed E-state index contributed by atoms with van der Waals surface area (Å²) in [5.41, 5.74) is 1.48. The number of nitrogens with one attached hydrogen (secondary N) is 1. The Kier molecular flexibility index (Phi) is 7.02. The van der Waals surface area contributed by atoms with Crippen LogP contribution >= 0.6 is 23.5 Å². The average molecular weight is 434 g/mol. The average Bonchev–Trinajstić information content (AvgIpc) is 3.07. The van der Waals surface area contributed by atoms with Gasteiger partial charge in [0, 0.05) is 18.2 Å². The Hall–Kier alpha value is -2.26. The molecule has 0 saturated carbocycles. The SMILES string of the molecule is CCOC(=O)c1ccccc1NC(=O)CSc1nc2c(c(=O)n1CC)SC(C)C2. The Morgan fingerprint density at radius 1 is 1.34 bits per heavy atom. The molecule has 2 aromatic rings. The first kappa shape index (κ1) is 21.4. The number of esters is 1. The van der Waals surface area contributed by atoms with E-state index >= 15 is 0 Å². The van der Waals surface area contributed by atoms with Crippen molar-refractivity contribution < 1.29 is 14.3 Å². The topological polar surface area (TPSA) is 90.3 Å². The fourth-order valence-electron chi connectivity index (χ4n) is 3.02. The molecule has 0 saturated heterocycles. The molecule has 1 N–H and O–H groups in total. The van der Waals surface area contributed by atoms with Crippen LogP contribution in [-0.4, -0.2) is 39.0 Å². The maximum atomic E-state index is 12.7. The van der Waals surface area contributed by atoms with Gasteiger partial charge in [-0.1, -0.05) is 30.8 Å². The predicted octanol–water partition coefficient (Wildman–Crippen LogP) is 3.21. The second-order valence-corrected chi connectivity index (χ2v) is 8.85. The zero-order chi connectivity index (χ0) is 21.0. The molecule has 1 aromatic heterocycles. The van der Waals surface area contributed by atoms with Crippen LogP contribution in [-0.2, 0) is 22.5 Å². The standard InChI is InChI=1S/C20H23N3O4S2/c1-4-23-18(25)17-15(10-12(3)29-17)22-20(23)28-11-16(24)21-14-9-7-6-8-13(14)19(26)27-5-2/h6-9,12H,4-5,10-11H2,1-3H3,(H,21,24). The largest absolute Gasteiger partial charge is 0.462 e. The van der Waals surface area contributed by atoms with E-state index in [0.717, 1.165) is 17.0 Å². The van der Waals surface area contributed by atoms with Gasteiger partial charge in [0.05, 0.1) is 34.2 Å². The second-order valence-electron chi connectivity index (χ2n) is 6.46. The molecule has 9 heteroatoms. The van der Waals surface area contributed by atoms with Gasteiger partial charge in [-0.3, -0.25) is 14.2 Å². The van der Waals surface area contributed by atoms with Crippen LogP contribution in [0.2, 0.25) is 0 Å². The molecule has 2 heterocycles. The van der Waals surface area contributed by atoms with E-state index in [9.17, 15) is 14.4 Å². The van der Waals surface area contributed by atoms with E-state index in [1.165, 1.54) is 11.8 Å². The summed E-state index contributed by atoms with van der Waals surface area (Å²) < 4.78 is 6.63. The molecule has 1 aliphatic heterocycles. The summed E-state index contributed by atoms with van der Waals surface area (Å²) in [4.78, 5) is 42.6. The molecular formula is C20H23N3O4S2. The van der Waals surface area contributed by atoms with Crippen molar-refractivity contribution >= 4 is 41.1 Å². The molecule has 0 aliphatic carbocycles. The summed E-state index contributed by atoms with van der Waals surface area (Å²) in [6, 6.07) is 6.71. The van der Waals surface area contributed by atoms with Crippen molar-refractivity contribution in [3.05, 3.63) is 45.9 Å². The van der Waals surface area contributed by atoms with Gasteiger partial charge >= 0.3 is 5.97 Å². The van der Waals surface area contributed by atoms with E-state index in [1.54, 1.807) is 47.5 Å². The number of aromatic nitrogens is 2. The van der Waals surface area contributed by atoms with E-state index < -0.39 is 5.97 Å². The van der Waals surface area contributed by atoms with Crippen molar-refractivity contribution in [2.24, 2.45) is 0 Å². The molecule has 0 radical (unpaired) electrons. The van der Waals surface area contributed by atoms with Crippen LogP contribution in [0.4, 0.5) is 5.69 Å². The van der Waals surface area contributed by atoms with Crippen LogP contribution in [0.5, 0.6) is 0 Å². The molecule has 154 valence electrons. The molecule has 0 fully saturated rings. The first-order valence-corrected chi connectivity index (χ1v) is 11.3. The number of carbonyl (C=O) groups is 2. The molecule has 7 nitrogen and oxygen atoms in total. The number of hydrogen-bond acceptors (Lipinski definition) is 7. The van der Waals surface area contributed by atoms with E-state index in [2.05, 4.69) is 17.2 Å². The quantitative estimate of drug-likeness (QED) is 0.407. The third kappa shape index (κ3) is 4.84. The van der Waals surface area contributed by atoms with E-state index in [-0.39, 0.29) is 23.8 Å².